The van der Waals surface area contributed by atoms with Crippen LogP contribution in [0.1, 0.15) is 33.3 Å². The highest BCUT2D eigenvalue weighted by atomic mass is 79.9. The summed E-state index contributed by atoms with van der Waals surface area (Å²) >= 11 is 3.42. The van der Waals surface area contributed by atoms with E-state index in [1.54, 1.807) is 0 Å². The largest absolute Gasteiger partial charge is 0.487 e. The van der Waals surface area contributed by atoms with Gasteiger partial charge in [0.15, 0.2) is 0 Å². The van der Waals surface area contributed by atoms with Crippen molar-refractivity contribution in [2.75, 3.05) is 0 Å². The molecule has 2 rings (SSSR count). The van der Waals surface area contributed by atoms with Crippen LogP contribution in [0.25, 0.3) is 6.08 Å². The van der Waals surface area contributed by atoms with E-state index in [4.69, 9.17) is 9.31 Å². The normalized spacial score (nSPS) is 21.7. The standard InChI is InChI=1S/C14H18BBrO2/c1-13(2)14(3,4)18-15(17-13)10-9-11-5-7-12(16)8-6-11/h5-10H,1-4H3/b10-9+. The third-order valence-electron chi connectivity index (χ3n) is 3.59. The van der Waals surface area contributed by atoms with E-state index >= 15 is 0 Å². The Hall–Kier alpha value is -0.575. The number of halogens is 1. The van der Waals surface area contributed by atoms with Gasteiger partial charge in [-0.1, -0.05) is 40.1 Å². The zero-order chi connectivity index (χ0) is 13.4. The molecular weight excluding hydrogens is 291 g/mol. The molecule has 1 aromatic carbocycles. The maximum Gasteiger partial charge on any atom is 0.487 e. The number of benzene rings is 1. The molecule has 0 saturated carbocycles. The van der Waals surface area contributed by atoms with Crippen LogP contribution in [-0.2, 0) is 9.31 Å². The molecule has 1 aliphatic rings. The van der Waals surface area contributed by atoms with Gasteiger partial charge in [0.05, 0.1) is 11.2 Å². The van der Waals surface area contributed by atoms with Gasteiger partial charge < -0.3 is 9.31 Å². The Morgan fingerprint density at radius 1 is 1.00 bits per heavy atom. The first-order valence-corrected chi connectivity index (χ1v) is 6.89. The van der Waals surface area contributed by atoms with Gasteiger partial charge in [-0.05, 0) is 45.4 Å². The second-order valence-electron chi connectivity index (χ2n) is 5.54. The maximum absolute atomic E-state index is 5.89. The minimum absolute atomic E-state index is 0.276. The molecule has 2 nitrogen and oxygen atoms in total. The minimum Gasteiger partial charge on any atom is -0.400 e. The Kier molecular flexibility index (Phi) is 3.72. The quantitative estimate of drug-likeness (QED) is 0.766. The van der Waals surface area contributed by atoms with Gasteiger partial charge in [0.2, 0.25) is 0 Å². The van der Waals surface area contributed by atoms with E-state index < -0.39 is 0 Å². The first-order chi connectivity index (χ1) is 8.30. The van der Waals surface area contributed by atoms with Gasteiger partial charge in [-0.25, -0.2) is 0 Å². The fraction of sp³-hybridized carbons (Fsp3) is 0.429. The Morgan fingerprint density at radius 2 is 1.50 bits per heavy atom. The Labute approximate surface area is 118 Å². The summed E-state index contributed by atoms with van der Waals surface area (Å²) in [5, 5.41) is 0. The van der Waals surface area contributed by atoms with Crippen molar-refractivity contribution in [3.8, 4) is 0 Å². The summed E-state index contributed by atoms with van der Waals surface area (Å²) in [6, 6.07) is 8.13. The van der Waals surface area contributed by atoms with E-state index in [1.807, 2.05) is 36.3 Å². The van der Waals surface area contributed by atoms with Crippen molar-refractivity contribution in [1.82, 2.24) is 0 Å². The Balaban J connectivity index is 2.06. The number of hydrogen-bond acceptors (Lipinski definition) is 2. The topological polar surface area (TPSA) is 18.5 Å². The van der Waals surface area contributed by atoms with E-state index in [0.29, 0.717) is 0 Å². The van der Waals surface area contributed by atoms with Crippen LogP contribution in [-0.4, -0.2) is 18.3 Å². The van der Waals surface area contributed by atoms with E-state index in [9.17, 15) is 0 Å². The Morgan fingerprint density at radius 3 is 2.00 bits per heavy atom. The van der Waals surface area contributed by atoms with E-state index in [2.05, 4.69) is 43.6 Å². The summed E-state index contributed by atoms with van der Waals surface area (Å²) in [4.78, 5) is 0. The van der Waals surface area contributed by atoms with Gasteiger partial charge in [0, 0.05) is 4.47 Å². The molecule has 18 heavy (non-hydrogen) atoms. The van der Waals surface area contributed by atoms with Gasteiger partial charge in [-0.2, -0.15) is 0 Å². The lowest BCUT2D eigenvalue weighted by Crippen LogP contribution is -2.41. The molecule has 0 aliphatic carbocycles. The van der Waals surface area contributed by atoms with Crippen LogP contribution in [0.3, 0.4) is 0 Å². The second-order valence-corrected chi connectivity index (χ2v) is 6.45. The molecular formula is C14H18BBrO2. The lowest BCUT2D eigenvalue weighted by Gasteiger charge is -2.32. The molecule has 1 heterocycles. The van der Waals surface area contributed by atoms with Crippen molar-refractivity contribution < 1.29 is 9.31 Å². The summed E-state index contributed by atoms with van der Waals surface area (Å²) in [6.45, 7) is 8.22. The third kappa shape index (κ3) is 2.87. The van der Waals surface area contributed by atoms with Crippen molar-refractivity contribution in [2.24, 2.45) is 0 Å². The molecule has 1 aromatic rings. The van der Waals surface area contributed by atoms with Crippen LogP contribution in [0.5, 0.6) is 0 Å². The molecule has 96 valence electrons. The predicted octanol–water partition coefficient (Wildman–Crippen LogP) is 4.09. The van der Waals surface area contributed by atoms with E-state index in [-0.39, 0.29) is 18.3 Å². The monoisotopic (exact) mass is 308 g/mol. The fourth-order valence-corrected chi connectivity index (χ4v) is 2.00. The highest BCUT2D eigenvalue weighted by Crippen LogP contribution is 2.37. The minimum atomic E-state index is -0.279. The molecule has 0 amide bonds. The van der Waals surface area contributed by atoms with Crippen LogP contribution in [0.4, 0.5) is 0 Å². The summed E-state index contributed by atoms with van der Waals surface area (Å²) in [7, 11) is -0.279. The van der Waals surface area contributed by atoms with E-state index in [1.165, 1.54) is 0 Å². The van der Waals surface area contributed by atoms with E-state index in [0.717, 1.165) is 10.0 Å². The molecule has 1 fully saturated rings. The van der Waals surface area contributed by atoms with Crippen LogP contribution in [0.15, 0.2) is 34.7 Å². The molecule has 0 N–H and O–H groups in total. The van der Waals surface area contributed by atoms with Crippen LogP contribution in [0.2, 0.25) is 0 Å². The summed E-state index contributed by atoms with van der Waals surface area (Å²) in [6.07, 6.45) is 2.02. The van der Waals surface area contributed by atoms with Gasteiger partial charge in [-0.15, -0.1) is 0 Å². The average molecular weight is 309 g/mol. The molecule has 0 atom stereocenters. The molecule has 1 aliphatic heterocycles. The zero-order valence-corrected chi connectivity index (χ0v) is 12.8. The maximum atomic E-state index is 5.89. The number of rotatable bonds is 2. The average Bonchev–Trinajstić information content (AvgIpc) is 2.47. The van der Waals surface area contributed by atoms with Crippen LogP contribution >= 0.6 is 15.9 Å². The first-order valence-electron chi connectivity index (χ1n) is 6.10. The predicted molar refractivity (Wildman–Crippen MR) is 79.3 cm³/mol. The van der Waals surface area contributed by atoms with Crippen molar-refractivity contribution in [3.05, 3.63) is 40.3 Å². The van der Waals surface area contributed by atoms with Crippen molar-refractivity contribution in [1.29, 1.82) is 0 Å². The molecule has 1 saturated heterocycles. The van der Waals surface area contributed by atoms with Crippen molar-refractivity contribution in [2.45, 2.75) is 38.9 Å². The Bertz CT molecular complexity index is 435. The van der Waals surface area contributed by atoms with Crippen molar-refractivity contribution in [3.63, 3.8) is 0 Å². The lowest BCUT2D eigenvalue weighted by molar-refractivity contribution is 0.00578. The first kappa shape index (κ1) is 13.8. The summed E-state index contributed by atoms with van der Waals surface area (Å²) < 4.78 is 12.9. The smallest absolute Gasteiger partial charge is 0.400 e. The zero-order valence-electron chi connectivity index (χ0n) is 11.2. The van der Waals surface area contributed by atoms with Gasteiger partial charge in [0.1, 0.15) is 0 Å². The summed E-state index contributed by atoms with van der Waals surface area (Å²) in [5.41, 5.74) is 0.580. The molecule has 0 radical (unpaired) electrons. The molecule has 0 aromatic heterocycles. The molecule has 4 heteroatoms. The van der Waals surface area contributed by atoms with Crippen LogP contribution < -0.4 is 0 Å². The lowest BCUT2D eigenvalue weighted by atomic mass is 9.89. The van der Waals surface area contributed by atoms with Crippen LogP contribution in [0, 0.1) is 0 Å². The van der Waals surface area contributed by atoms with Gasteiger partial charge in [-0.3, -0.25) is 0 Å². The second kappa shape index (κ2) is 4.84. The molecule has 0 bridgehead atoms. The third-order valence-corrected chi connectivity index (χ3v) is 4.12. The molecule has 0 unspecified atom stereocenters. The molecule has 0 spiro atoms. The number of hydrogen-bond donors (Lipinski definition) is 0. The SMILES string of the molecule is CC1(C)OB(/C=C/c2ccc(Br)cc2)OC1(C)C. The van der Waals surface area contributed by atoms with Gasteiger partial charge >= 0.3 is 7.12 Å². The highest BCUT2D eigenvalue weighted by Gasteiger charge is 2.49. The fourth-order valence-electron chi connectivity index (χ4n) is 1.73. The summed E-state index contributed by atoms with van der Waals surface area (Å²) in [5.74, 6) is 1.96. The van der Waals surface area contributed by atoms with Crippen molar-refractivity contribution >= 4 is 29.1 Å². The highest BCUT2D eigenvalue weighted by molar-refractivity contribution is 9.10. The van der Waals surface area contributed by atoms with Gasteiger partial charge in [0.25, 0.3) is 0 Å².